The highest BCUT2D eigenvalue weighted by atomic mass is 16.5. The fourth-order valence-corrected chi connectivity index (χ4v) is 2.60. The van der Waals surface area contributed by atoms with Crippen LogP contribution in [0.5, 0.6) is 5.75 Å². The Balaban J connectivity index is 2.17. The van der Waals surface area contributed by atoms with Crippen LogP contribution in [0.15, 0.2) is 18.2 Å². The number of unbranched alkanes of at least 4 members (excludes halogenated alkanes) is 1. The summed E-state index contributed by atoms with van der Waals surface area (Å²) in [6.07, 6.45) is 2.55. The van der Waals surface area contributed by atoms with Gasteiger partial charge >= 0.3 is 5.97 Å². The molecule has 0 aliphatic carbocycles. The van der Waals surface area contributed by atoms with E-state index in [2.05, 4.69) is 6.92 Å². The Morgan fingerprint density at radius 1 is 1.50 bits per heavy atom. The van der Waals surface area contributed by atoms with Crippen molar-refractivity contribution in [3.8, 4) is 5.75 Å². The van der Waals surface area contributed by atoms with Crippen molar-refractivity contribution in [3.05, 3.63) is 29.3 Å². The molecule has 2 rings (SSSR count). The van der Waals surface area contributed by atoms with Crippen LogP contribution in [0.2, 0.25) is 0 Å². The number of fused-ring (bicyclic) bond motifs is 1. The molecule has 1 heterocycles. The number of rotatable bonds is 6. The van der Waals surface area contributed by atoms with Crippen LogP contribution >= 0.6 is 0 Å². The number of ether oxygens (including phenoxy) is 2. The van der Waals surface area contributed by atoms with E-state index in [1.165, 1.54) is 7.11 Å². The molecule has 0 amide bonds. The van der Waals surface area contributed by atoms with Gasteiger partial charge in [-0.25, -0.2) is 0 Å². The van der Waals surface area contributed by atoms with Crippen molar-refractivity contribution in [2.75, 3.05) is 13.7 Å². The van der Waals surface area contributed by atoms with Gasteiger partial charge in [-0.05, 0) is 29.7 Å². The van der Waals surface area contributed by atoms with Crippen molar-refractivity contribution in [3.63, 3.8) is 0 Å². The molecular formula is C16H22O4. The molecule has 1 aliphatic rings. The van der Waals surface area contributed by atoms with Gasteiger partial charge in [-0.15, -0.1) is 0 Å². The van der Waals surface area contributed by atoms with Crippen LogP contribution in [0.25, 0.3) is 0 Å². The molecule has 0 saturated heterocycles. The number of aliphatic hydroxyl groups is 1. The van der Waals surface area contributed by atoms with Gasteiger partial charge in [0.05, 0.1) is 25.7 Å². The van der Waals surface area contributed by atoms with E-state index in [0.717, 1.165) is 36.1 Å². The van der Waals surface area contributed by atoms with Crippen molar-refractivity contribution >= 4 is 5.97 Å². The molecule has 1 N–H and O–H groups in total. The summed E-state index contributed by atoms with van der Waals surface area (Å²) in [7, 11) is 1.37. The average molecular weight is 278 g/mol. The summed E-state index contributed by atoms with van der Waals surface area (Å²) in [4.78, 5) is 11.9. The zero-order valence-electron chi connectivity index (χ0n) is 12.1. The van der Waals surface area contributed by atoms with Gasteiger partial charge in [0.2, 0.25) is 0 Å². The summed E-state index contributed by atoms with van der Waals surface area (Å²) < 4.78 is 10.3. The summed E-state index contributed by atoms with van der Waals surface area (Å²) in [5, 5.41) is 10.5. The number of benzene rings is 1. The van der Waals surface area contributed by atoms with Gasteiger partial charge in [0.25, 0.3) is 0 Å². The number of esters is 1. The van der Waals surface area contributed by atoms with Crippen LogP contribution in [0.1, 0.15) is 43.4 Å². The van der Waals surface area contributed by atoms with Crippen LogP contribution in [0.4, 0.5) is 0 Å². The number of methoxy groups -OCH3 is 1. The maximum Gasteiger partial charge on any atom is 0.311 e. The first kappa shape index (κ1) is 14.9. The van der Waals surface area contributed by atoms with Crippen molar-refractivity contribution in [1.82, 2.24) is 0 Å². The molecule has 0 fully saturated rings. The van der Waals surface area contributed by atoms with Crippen molar-refractivity contribution in [2.24, 2.45) is 5.92 Å². The molecule has 110 valence electrons. The van der Waals surface area contributed by atoms with Gasteiger partial charge in [0.1, 0.15) is 5.75 Å². The predicted molar refractivity (Wildman–Crippen MR) is 75.6 cm³/mol. The molecule has 2 unspecified atom stereocenters. The lowest BCUT2D eigenvalue weighted by atomic mass is 9.90. The quantitative estimate of drug-likeness (QED) is 0.813. The van der Waals surface area contributed by atoms with Crippen LogP contribution in [-0.4, -0.2) is 24.8 Å². The molecule has 20 heavy (non-hydrogen) atoms. The standard InChI is InChI=1S/C16H22O4/c1-3-4-5-13(16(18)19-2)15(17)12-6-7-14-11(10-12)8-9-20-14/h6-7,10,13,15,17H,3-5,8-9H2,1-2H3. The minimum absolute atomic E-state index is 0.345. The molecule has 4 nitrogen and oxygen atoms in total. The van der Waals surface area contributed by atoms with Crippen LogP contribution in [-0.2, 0) is 16.0 Å². The van der Waals surface area contributed by atoms with E-state index in [4.69, 9.17) is 9.47 Å². The first-order valence-corrected chi connectivity index (χ1v) is 7.19. The lowest BCUT2D eigenvalue weighted by Gasteiger charge is -2.21. The zero-order chi connectivity index (χ0) is 14.5. The molecule has 0 saturated carbocycles. The summed E-state index contributed by atoms with van der Waals surface area (Å²) in [6.45, 7) is 2.75. The summed E-state index contributed by atoms with van der Waals surface area (Å²) in [5.41, 5.74) is 1.86. The molecule has 1 aromatic carbocycles. The maximum absolute atomic E-state index is 11.9. The maximum atomic E-state index is 11.9. The van der Waals surface area contributed by atoms with E-state index in [0.29, 0.717) is 13.0 Å². The van der Waals surface area contributed by atoms with Crippen molar-refractivity contribution in [1.29, 1.82) is 0 Å². The largest absolute Gasteiger partial charge is 0.493 e. The van der Waals surface area contributed by atoms with Crippen LogP contribution < -0.4 is 4.74 Å². The normalized spacial score (nSPS) is 16.1. The third kappa shape index (κ3) is 3.12. The minimum atomic E-state index is -0.820. The third-order valence-corrected chi connectivity index (χ3v) is 3.81. The van der Waals surface area contributed by atoms with Gasteiger partial charge in [-0.3, -0.25) is 4.79 Å². The highest BCUT2D eigenvalue weighted by Crippen LogP contribution is 2.32. The number of carbonyl (C=O) groups is 1. The van der Waals surface area contributed by atoms with E-state index in [-0.39, 0.29) is 5.97 Å². The summed E-state index contributed by atoms with van der Waals surface area (Å²) in [5.74, 6) is 0.0344. The van der Waals surface area contributed by atoms with Gasteiger partial charge in [-0.2, -0.15) is 0 Å². The molecule has 0 radical (unpaired) electrons. The Hall–Kier alpha value is -1.55. The fourth-order valence-electron chi connectivity index (χ4n) is 2.60. The predicted octanol–water partition coefficient (Wildman–Crippen LogP) is 2.63. The summed E-state index contributed by atoms with van der Waals surface area (Å²) in [6, 6.07) is 5.64. The monoisotopic (exact) mass is 278 g/mol. The molecule has 1 aromatic rings. The molecule has 0 spiro atoms. The Kier molecular flexibility index (Phi) is 5.01. The van der Waals surface area contributed by atoms with Gasteiger partial charge in [-0.1, -0.05) is 25.8 Å². The van der Waals surface area contributed by atoms with Gasteiger partial charge in [0, 0.05) is 6.42 Å². The second-order valence-electron chi connectivity index (χ2n) is 5.18. The molecule has 1 aliphatic heterocycles. The summed E-state index contributed by atoms with van der Waals surface area (Å²) >= 11 is 0. The number of hydrogen-bond acceptors (Lipinski definition) is 4. The minimum Gasteiger partial charge on any atom is -0.493 e. The van der Waals surface area contributed by atoms with E-state index in [1.807, 2.05) is 18.2 Å². The van der Waals surface area contributed by atoms with E-state index in [1.54, 1.807) is 0 Å². The lowest BCUT2D eigenvalue weighted by molar-refractivity contribution is -0.150. The van der Waals surface area contributed by atoms with Gasteiger partial charge < -0.3 is 14.6 Å². The topological polar surface area (TPSA) is 55.8 Å². The molecule has 2 atom stereocenters. The Morgan fingerprint density at radius 3 is 3.00 bits per heavy atom. The van der Waals surface area contributed by atoms with Crippen molar-refractivity contribution < 1.29 is 19.4 Å². The van der Waals surface area contributed by atoms with Crippen LogP contribution in [0.3, 0.4) is 0 Å². The van der Waals surface area contributed by atoms with E-state index in [9.17, 15) is 9.90 Å². The van der Waals surface area contributed by atoms with E-state index >= 15 is 0 Å². The molecule has 4 heteroatoms. The third-order valence-electron chi connectivity index (χ3n) is 3.81. The molecular weight excluding hydrogens is 256 g/mol. The Labute approximate surface area is 119 Å². The smallest absolute Gasteiger partial charge is 0.311 e. The first-order chi connectivity index (χ1) is 9.67. The molecule has 0 aromatic heterocycles. The van der Waals surface area contributed by atoms with Crippen LogP contribution in [0, 0.1) is 5.92 Å². The highest BCUT2D eigenvalue weighted by Gasteiger charge is 2.29. The number of aliphatic hydroxyl groups excluding tert-OH is 1. The van der Waals surface area contributed by atoms with Gasteiger partial charge in [0.15, 0.2) is 0 Å². The van der Waals surface area contributed by atoms with Crippen molar-refractivity contribution in [2.45, 2.75) is 38.7 Å². The second-order valence-corrected chi connectivity index (χ2v) is 5.18. The highest BCUT2D eigenvalue weighted by molar-refractivity contribution is 5.73. The first-order valence-electron chi connectivity index (χ1n) is 7.19. The van der Waals surface area contributed by atoms with E-state index < -0.39 is 12.0 Å². The average Bonchev–Trinajstić information content (AvgIpc) is 2.94. The zero-order valence-corrected chi connectivity index (χ0v) is 12.1. The molecule has 0 bridgehead atoms. The SMILES string of the molecule is CCCCC(C(=O)OC)C(O)c1ccc2c(c1)CCO2. The fraction of sp³-hybridized carbons (Fsp3) is 0.562. The Morgan fingerprint density at radius 2 is 2.30 bits per heavy atom. The number of hydrogen-bond donors (Lipinski definition) is 1. The Bertz CT molecular complexity index is 470. The number of carbonyl (C=O) groups excluding carboxylic acids is 1. The second kappa shape index (κ2) is 6.75. The lowest BCUT2D eigenvalue weighted by Crippen LogP contribution is -2.23.